The number of aliphatic imine (C=N–C) groups is 1. The van der Waals surface area contributed by atoms with Gasteiger partial charge in [0.15, 0.2) is 5.96 Å². The van der Waals surface area contributed by atoms with E-state index in [0.717, 1.165) is 13.8 Å². The predicted octanol–water partition coefficient (Wildman–Crippen LogP) is -10.2. The number of rotatable bonds is 53. The first-order valence-electron chi connectivity index (χ1n) is 33.8. The molecule has 0 bridgehead atoms. The van der Waals surface area contributed by atoms with Crippen molar-refractivity contribution in [3.63, 3.8) is 0 Å². The number of carboxylic acids is 4. The maximum absolute atomic E-state index is 14.0. The van der Waals surface area contributed by atoms with Crippen LogP contribution in [0.5, 0.6) is 0 Å². The van der Waals surface area contributed by atoms with E-state index in [-0.39, 0.29) is 56.9 Å². The van der Waals surface area contributed by atoms with E-state index in [1.165, 1.54) is 20.8 Å². The fourth-order valence-electron chi connectivity index (χ4n) is 9.56. The molecule has 0 radical (unpaired) electrons. The monoisotopic (exact) mass is 1530 g/mol. The van der Waals surface area contributed by atoms with Crippen LogP contribution < -0.4 is 104 Å². The van der Waals surface area contributed by atoms with Crippen LogP contribution in [0.4, 0.5) is 0 Å². The van der Waals surface area contributed by atoms with E-state index in [1.807, 2.05) is 5.32 Å². The number of nitrogens with zero attached hydrogens (tertiary/aromatic N) is 1. The lowest BCUT2D eigenvalue weighted by Gasteiger charge is -2.29. The highest BCUT2D eigenvalue weighted by atomic mass is 16.4. The van der Waals surface area contributed by atoms with Crippen molar-refractivity contribution in [3.8, 4) is 0 Å². The fraction of sp³-hybridized carbons (Fsp3) is 0.661. The third-order valence-corrected chi connectivity index (χ3v) is 15.6. The maximum Gasteiger partial charge on any atom is 0.322 e. The third kappa shape index (κ3) is 39.3. The molecular formula is C62H104N20O25. The van der Waals surface area contributed by atoms with Crippen LogP contribution >= 0.6 is 0 Å². The van der Waals surface area contributed by atoms with Crippen molar-refractivity contribution in [2.45, 2.75) is 224 Å². The van der Waals surface area contributed by atoms with Crippen LogP contribution in [0.15, 0.2) is 4.99 Å². The Morgan fingerprint density at radius 2 is 0.776 bits per heavy atom. The minimum atomic E-state index is -2.01. The number of nitrogens with one attached hydrogen (secondary N) is 13. The number of guanidine groups is 1. The number of primary amides is 3. The van der Waals surface area contributed by atoms with Crippen molar-refractivity contribution in [3.05, 3.63) is 0 Å². The summed E-state index contributed by atoms with van der Waals surface area (Å²) in [6.45, 7) is 9.17. The highest BCUT2D eigenvalue weighted by Gasteiger charge is 2.39. The molecule has 0 heterocycles. The van der Waals surface area contributed by atoms with E-state index >= 15 is 0 Å². The van der Waals surface area contributed by atoms with Crippen molar-refractivity contribution in [1.82, 2.24) is 69.1 Å². The van der Waals surface area contributed by atoms with Crippen molar-refractivity contribution in [2.24, 2.45) is 57.1 Å². The average molecular weight is 1530 g/mol. The number of hydrogen-bond acceptors (Lipinski definition) is 23. The van der Waals surface area contributed by atoms with Gasteiger partial charge in [-0.1, -0.05) is 48.0 Å². The topological polar surface area (TPSA) is 767 Å². The minimum Gasteiger partial charge on any atom is -0.481 e. The first kappa shape index (κ1) is 95.6. The van der Waals surface area contributed by atoms with Crippen LogP contribution in [0, 0.1) is 17.8 Å². The van der Waals surface area contributed by atoms with Crippen molar-refractivity contribution >= 4 is 124 Å². The summed E-state index contributed by atoms with van der Waals surface area (Å²) in [4.78, 5) is 263. The normalized spacial score (nSPS) is 14.9. The Balaban J connectivity index is 6.64. The largest absolute Gasteiger partial charge is 0.481 e. The number of amides is 16. The molecule has 30 N–H and O–H groups in total. The highest BCUT2D eigenvalue weighted by molar-refractivity contribution is 6.01. The first-order valence-corrected chi connectivity index (χ1v) is 33.8. The molecule has 0 spiro atoms. The lowest BCUT2D eigenvalue weighted by atomic mass is 9.96. The second kappa shape index (κ2) is 48.6. The van der Waals surface area contributed by atoms with Crippen LogP contribution in [0.25, 0.3) is 0 Å². The van der Waals surface area contributed by atoms with Gasteiger partial charge in [0.1, 0.15) is 73.0 Å². The number of nitrogens with two attached hydrogens (primary N) is 6. The third-order valence-electron chi connectivity index (χ3n) is 15.6. The average Bonchev–Trinajstić information content (AvgIpc) is 0.850. The Morgan fingerprint density at radius 1 is 0.374 bits per heavy atom. The van der Waals surface area contributed by atoms with Gasteiger partial charge in [-0.2, -0.15) is 0 Å². The Hall–Kier alpha value is -11.4. The SMILES string of the molecule is CC[C@H](C)[C@H](NC(=O)[C@H](CCC(N)=O)NC(=O)[C@H](CC(N)=O)NC(=O)[C@@H](NC(=O)[C@@H](NC(=O)CNC(=O)[C@H](CC(=O)O)NC(=O)[C@H](C)NC(=O)[C@H](CCCN=C(N)N)NC(=O)[C@H](CC(C)C)NC(=O)[C@H](CCC(=O)O)NC(=O)[C@@H](N)CCC(N)=O)[C@@H](C)O)C(C)C)C(=O)N[C@@H](CCC(=O)O)C(=O)NCC(=O)O. The molecule has 14 atom stereocenters. The maximum atomic E-state index is 14.0. The van der Waals surface area contributed by atoms with Gasteiger partial charge in [0.2, 0.25) is 94.5 Å². The standard InChI is InChI=1S/C62H104N20O25/c1-9-28(6)48(60(106)76-33(14-18-43(88)89)52(98)71-25-46(94)95)82-56(102)34(13-17-40(65)85)75-58(104)37(22-41(66)86)79-59(105)47(27(4)5)81-61(107)49(30(8)83)80-42(87)24-70-53(99)38(23-45(92)93)77-50(96)29(7)72-54(100)32(11-10-20-69-62(67)68)74-57(103)36(21-26(2)3)78-55(101)35(15-19-44(90)91)73-51(97)31(63)12-16-39(64)84/h26-38,47-49,83H,9-25,63H2,1-8H3,(H2,64,84)(H2,65,85)(H2,66,86)(H,70,99)(H,71,98)(H,72,100)(H,73,97)(H,74,103)(H,75,104)(H,76,106)(H,77,96)(H,78,101)(H,79,105)(H,80,87)(H,81,107)(H,82,102)(H,88,89)(H,90,91)(H,92,93)(H,94,95)(H4,67,68,69)/t28-,29-,30+,31-,32-,33-,34-,35-,36-,37-,38-,47-,48-,49-/m0/s1. The van der Waals surface area contributed by atoms with Crippen LogP contribution in [-0.2, 0) is 95.9 Å². The summed E-state index contributed by atoms with van der Waals surface area (Å²) in [6.07, 6.45) is -8.19. The van der Waals surface area contributed by atoms with E-state index in [9.17, 15) is 116 Å². The number of carbonyl (C=O) groups excluding carboxylic acids is 16. The van der Waals surface area contributed by atoms with Crippen molar-refractivity contribution < 1.29 is 121 Å². The number of carbonyl (C=O) groups is 20. The molecule has 0 fully saturated rings. The van der Waals surface area contributed by atoms with Crippen molar-refractivity contribution in [1.29, 1.82) is 0 Å². The van der Waals surface area contributed by atoms with Gasteiger partial charge in [0.25, 0.3) is 0 Å². The van der Waals surface area contributed by atoms with Gasteiger partial charge < -0.3 is 129 Å². The van der Waals surface area contributed by atoms with Gasteiger partial charge in [-0.05, 0) is 76.5 Å². The highest BCUT2D eigenvalue weighted by Crippen LogP contribution is 2.14. The summed E-state index contributed by atoms with van der Waals surface area (Å²) in [5.74, 6) is -26.3. The lowest BCUT2D eigenvalue weighted by Crippen LogP contribution is -2.62. The smallest absolute Gasteiger partial charge is 0.322 e. The van der Waals surface area contributed by atoms with Gasteiger partial charge in [0.05, 0.1) is 31.5 Å². The zero-order chi connectivity index (χ0) is 82.3. The number of aliphatic hydroxyl groups excluding tert-OH is 1. The van der Waals surface area contributed by atoms with E-state index in [4.69, 9.17) is 39.5 Å². The Kier molecular flexibility index (Phi) is 43.4. The molecule has 0 rings (SSSR count). The van der Waals surface area contributed by atoms with E-state index in [1.54, 1.807) is 20.8 Å². The fourth-order valence-corrected chi connectivity index (χ4v) is 9.56. The number of carboxylic acid groups (broad SMARTS) is 4. The summed E-state index contributed by atoms with van der Waals surface area (Å²) in [5.41, 5.74) is 32.6. The van der Waals surface area contributed by atoms with Crippen molar-refractivity contribution in [2.75, 3.05) is 19.6 Å². The van der Waals surface area contributed by atoms with Gasteiger partial charge in [0, 0.05) is 32.2 Å². The zero-order valence-electron chi connectivity index (χ0n) is 60.6. The van der Waals surface area contributed by atoms with Gasteiger partial charge in [-0.3, -0.25) is 101 Å². The van der Waals surface area contributed by atoms with Crippen LogP contribution in [0.3, 0.4) is 0 Å². The summed E-state index contributed by atoms with van der Waals surface area (Å²) >= 11 is 0. The Morgan fingerprint density at radius 3 is 1.26 bits per heavy atom. The molecule has 0 aromatic carbocycles. The number of aliphatic carboxylic acids is 4. The zero-order valence-corrected chi connectivity index (χ0v) is 60.6. The molecule has 45 nitrogen and oxygen atoms in total. The Labute approximate surface area is 613 Å². The molecule has 0 unspecified atom stereocenters. The number of hydrogen-bond donors (Lipinski definition) is 24. The van der Waals surface area contributed by atoms with Gasteiger partial charge in [-0.25, -0.2) is 0 Å². The first-order chi connectivity index (χ1) is 49.7. The summed E-state index contributed by atoms with van der Waals surface area (Å²) in [7, 11) is 0. The molecule has 0 aromatic heterocycles. The molecule has 0 aliphatic rings. The number of aliphatic hydroxyl groups is 1. The molecule has 0 saturated carbocycles. The summed E-state index contributed by atoms with van der Waals surface area (Å²) in [5, 5.41) is 77.4. The summed E-state index contributed by atoms with van der Waals surface area (Å²) < 4.78 is 0. The lowest BCUT2D eigenvalue weighted by molar-refractivity contribution is -0.141. The van der Waals surface area contributed by atoms with Crippen LogP contribution in [0.2, 0.25) is 0 Å². The molecule has 0 saturated heterocycles. The molecule has 0 aliphatic heterocycles. The molecule has 107 heavy (non-hydrogen) atoms. The molecule has 602 valence electrons. The van der Waals surface area contributed by atoms with E-state index in [0.29, 0.717) is 0 Å². The van der Waals surface area contributed by atoms with E-state index < -0.39 is 273 Å². The predicted molar refractivity (Wildman–Crippen MR) is 371 cm³/mol. The second-order valence-electron chi connectivity index (χ2n) is 25.7. The van der Waals surface area contributed by atoms with Crippen LogP contribution in [-0.4, -0.2) is 248 Å². The quantitative estimate of drug-likeness (QED) is 0.0153. The molecule has 16 amide bonds. The van der Waals surface area contributed by atoms with Crippen LogP contribution in [0.1, 0.15) is 145 Å². The minimum absolute atomic E-state index is 0.00513. The van der Waals surface area contributed by atoms with E-state index in [2.05, 4.69) is 68.8 Å². The molecule has 0 aromatic rings. The van der Waals surface area contributed by atoms with Gasteiger partial charge in [-0.15, -0.1) is 0 Å². The molecular weight excluding hydrogens is 1420 g/mol. The summed E-state index contributed by atoms with van der Waals surface area (Å²) in [6, 6.07) is -20.3. The van der Waals surface area contributed by atoms with Gasteiger partial charge >= 0.3 is 23.9 Å². The molecule has 45 heteroatoms. The molecule has 0 aliphatic carbocycles. The second-order valence-corrected chi connectivity index (χ2v) is 25.7. The Bertz CT molecular complexity index is 3220.